The number of aromatic nitrogens is 5. The molecule has 0 aliphatic rings. The molecule has 7 heteroatoms. The van der Waals surface area contributed by atoms with Crippen LogP contribution in [0.1, 0.15) is 0 Å². The minimum Gasteiger partial charge on any atom is -0.467 e. The molecule has 0 spiro atoms. The largest absolute Gasteiger partial charge is 0.467 e. The molecule has 2 rings (SSSR count). The zero-order chi connectivity index (χ0) is 10.8. The molecule has 78 valence electrons. The van der Waals surface area contributed by atoms with E-state index in [-0.39, 0.29) is 11.3 Å². The Balaban J connectivity index is 2.53. The summed E-state index contributed by atoms with van der Waals surface area (Å²) in [5.74, 6) is 0.997. The highest BCUT2D eigenvalue weighted by Crippen LogP contribution is 2.16. The van der Waals surface area contributed by atoms with Gasteiger partial charge in [-0.25, -0.2) is 4.98 Å². The predicted octanol–water partition coefficient (Wildman–Crippen LogP) is 0.934. The van der Waals surface area contributed by atoms with E-state index in [0.29, 0.717) is 11.6 Å². The summed E-state index contributed by atoms with van der Waals surface area (Å²) in [4.78, 5) is 15.9. The Morgan fingerprint density at radius 3 is 2.73 bits per heavy atom. The second kappa shape index (κ2) is 3.82. The van der Waals surface area contributed by atoms with Crippen molar-refractivity contribution in [3.8, 4) is 17.7 Å². The predicted molar refractivity (Wildman–Crippen MR) is 53.6 cm³/mol. The van der Waals surface area contributed by atoms with Crippen molar-refractivity contribution in [2.45, 2.75) is 0 Å². The van der Waals surface area contributed by atoms with Crippen LogP contribution in [0.3, 0.4) is 0 Å². The Bertz CT molecular complexity index is 484. The van der Waals surface area contributed by atoms with Gasteiger partial charge in [-0.1, -0.05) is 0 Å². The van der Waals surface area contributed by atoms with E-state index in [1.54, 1.807) is 17.0 Å². The van der Waals surface area contributed by atoms with E-state index in [9.17, 15) is 0 Å². The standard InChI is InChI=1S/C8H8ClN5O/c1-14-4-3-10-6(14)5-11-7(9)13-8(12-5)15-2/h3-4H,1-2H3. The quantitative estimate of drug-likeness (QED) is 0.761. The number of imidazole rings is 1. The molecule has 2 heterocycles. The summed E-state index contributed by atoms with van der Waals surface area (Å²) in [6.07, 6.45) is 3.44. The molecule has 0 fully saturated rings. The summed E-state index contributed by atoms with van der Waals surface area (Å²) in [5, 5.41) is 0.0832. The first kappa shape index (κ1) is 9.85. The number of ether oxygens (including phenoxy) is 1. The van der Waals surface area contributed by atoms with Crippen LogP contribution in [0.2, 0.25) is 5.28 Å². The molecule has 0 radical (unpaired) electrons. The maximum Gasteiger partial charge on any atom is 0.321 e. The van der Waals surface area contributed by atoms with Gasteiger partial charge in [0.05, 0.1) is 7.11 Å². The van der Waals surface area contributed by atoms with Gasteiger partial charge in [0.2, 0.25) is 11.1 Å². The second-order valence-electron chi connectivity index (χ2n) is 2.78. The third kappa shape index (κ3) is 1.89. The fourth-order valence-corrected chi connectivity index (χ4v) is 1.26. The molecule has 2 aromatic heterocycles. The van der Waals surface area contributed by atoms with Gasteiger partial charge in [0, 0.05) is 19.4 Å². The lowest BCUT2D eigenvalue weighted by Gasteiger charge is -2.02. The van der Waals surface area contributed by atoms with Gasteiger partial charge in [0.15, 0.2) is 5.82 Å². The molecule has 0 saturated carbocycles. The molecule has 0 unspecified atom stereocenters. The van der Waals surface area contributed by atoms with Gasteiger partial charge in [-0.3, -0.25) is 0 Å². The molecule has 0 saturated heterocycles. The number of aryl methyl sites for hydroxylation is 1. The molecule has 0 aliphatic carbocycles. The van der Waals surface area contributed by atoms with Gasteiger partial charge in [0.1, 0.15) is 0 Å². The van der Waals surface area contributed by atoms with E-state index in [1.165, 1.54) is 7.11 Å². The molecule has 6 nitrogen and oxygen atoms in total. The molecule has 15 heavy (non-hydrogen) atoms. The topological polar surface area (TPSA) is 65.7 Å². The molecule has 0 aliphatic heterocycles. The van der Waals surface area contributed by atoms with Crippen LogP contribution >= 0.6 is 11.6 Å². The van der Waals surface area contributed by atoms with Gasteiger partial charge >= 0.3 is 6.01 Å². The van der Waals surface area contributed by atoms with Crippen molar-refractivity contribution in [3.63, 3.8) is 0 Å². The lowest BCUT2D eigenvalue weighted by molar-refractivity contribution is 0.378. The number of halogens is 1. The highest BCUT2D eigenvalue weighted by Gasteiger charge is 2.10. The van der Waals surface area contributed by atoms with Crippen LogP contribution in [0.25, 0.3) is 11.6 Å². The fourth-order valence-electron chi connectivity index (χ4n) is 1.10. The van der Waals surface area contributed by atoms with Gasteiger partial charge in [-0.2, -0.15) is 15.0 Å². The molecule has 0 bridgehead atoms. The summed E-state index contributed by atoms with van der Waals surface area (Å²) in [6.45, 7) is 0. The Hall–Kier alpha value is -1.69. The molecule has 0 atom stereocenters. The SMILES string of the molecule is COc1nc(Cl)nc(-c2nccn2C)n1. The van der Waals surface area contributed by atoms with Gasteiger partial charge in [-0.15, -0.1) is 0 Å². The maximum atomic E-state index is 5.72. The van der Waals surface area contributed by atoms with Gasteiger partial charge in [-0.05, 0) is 11.6 Å². The molecule has 0 N–H and O–H groups in total. The van der Waals surface area contributed by atoms with Crippen LogP contribution in [0.5, 0.6) is 6.01 Å². The van der Waals surface area contributed by atoms with Crippen molar-refractivity contribution in [2.24, 2.45) is 7.05 Å². The number of nitrogens with zero attached hydrogens (tertiary/aromatic N) is 5. The number of hydrogen-bond acceptors (Lipinski definition) is 5. The zero-order valence-corrected chi connectivity index (χ0v) is 8.93. The van der Waals surface area contributed by atoms with E-state index in [1.807, 2.05) is 7.05 Å². The minimum absolute atomic E-state index is 0.0832. The van der Waals surface area contributed by atoms with Crippen molar-refractivity contribution in [2.75, 3.05) is 7.11 Å². The Morgan fingerprint density at radius 2 is 2.13 bits per heavy atom. The lowest BCUT2D eigenvalue weighted by Crippen LogP contribution is -2.01. The summed E-state index contributed by atoms with van der Waals surface area (Å²) in [5.41, 5.74) is 0. The van der Waals surface area contributed by atoms with Crippen LogP contribution < -0.4 is 4.74 Å². The Labute approximate surface area is 90.9 Å². The highest BCUT2D eigenvalue weighted by molar-refractivity contribution is 6.28. The van der Waals surface area contributed by atoms with E-state index >= 15 is 0 Å². The fraction of sp³-hybridized carbons (Fsp3) is 0.250. The summed E-state index contributed by atoms with van der Waals surface area (Å²) in [6, 6.07) is 0.174. The van der Waals surface area contributed by atoms with E-state index < -0.39 is 0 Å². The third-order valence-corrected chi connectivity index (χ3v) is 1.96. The van der Waals surface area contributed by atoms with Crippen LogP contribution in [0.15, 0.2) is 12.4 Å². The van der Waals surface area contributed by atoms with Gasteiger partial charge < -0.3 is 9.30 Å². The Kier molecular flexibility index (Phi) is 2.51. The van der Waals surface area contributed by atoms with Crippen LogP contribution in [0, 0.1) is 0 Å². The second-order valence-corrected chi connectivity index (χ2v) is 3.11. The Morgan fingerprint density at radius 1 is 1.33 bits per heavy atom. The first-order chi connectivity index (χ1) is 7.20. The molecular weight excluding hydrogens is 218 g/mol. The molecular formula is C8H8ClN5O. The normalized spacial score (nSPS) is 10.3. The minimum atomic E-state index is 0.0832. The molecule has 0 aromatic carbocycles. The summed E-state index contributed by atoms with van der Waals surface area (Å²) >= 11 is 5.72. The maximum absolute atomic E-state index is 5.72. The number of hydrogen-bond donors (Lipinski definition) is 0. The van der Waals surface area contributed by atoms with Crippen molar-refractivity contribution >= 4 is 11.6 Å². The first-order valence-electron chi connectivity index (χ1n) is 4.14. The van der Waals surface area contributed by atoms with E-state index in [0.717, 1.165) is 0 Å². The first-order valence-corrected chi connectivity index (χ1v) is 4.52. The smallest absolute Gasteiger partial charge is 0.321 e. The third-order valence-electron chi connectivity index (χ3n) is 1.79. The van der Waals surface area contributed by atoms with Gasteiger partial charge in [0.25, 0.3) is 0 Å². The van der Waals surface area contributed by atoms with Crippen LogP contribution in [-0.4, -0.2) is 31.6 Å². The lowest BCUT2D eigenvalue weighted by atomic mass is 10.5. The summed E-state index contributed by atoms with van der Waals surface area (Å²) < 4.78 is 6.67. The number of rotatable bonds is 2. The van der Waals surface area contributed by atoms with Crippen molar-refractivity contribution in [1.82, 2.24) is 24.5 Å². The van der Waals surface area contributed by atoms with Crippen molar-refractivity contribution in [3.05, 3.63) is 17.7 Å². The van der Waals surface area contributed by atoms with Crippen LogP contribution in [-0.2, 0) is 7.05 Å². The average molecular weight is 226 g/mol. The molecule has 2 aromatic rings. The monoisotopic (exact) mass is 225 g/mol. The number of methoxy groups -OCH3 is 1. The van der Waals surface area contributed by atoms with Crippen LogP contribution in [0.4, 0.5) is 0 Å². The van der Waals surface area contributed by atoms with Crippen molar-refractivity contribution < 1.29 is 4.74 Å². The molecule has 0 amide bonds. The zero-order valence-electron chi connectivity index (χ0n) is 8.18. The highest BCUT2D eigenvalue weighted by atomic mass is 35.5. The summed E-state index contributed by atoms with van der Waals surface area (Å²) in [7, 11) is 3.31. The average Bonchev–Trinajstić information content (AvgIpc) is 2.63. The van der Waals surface area contributed by atoms with Crippen molar-refractivity contribution in [1.29, 1.82) is 0 Å². The van der Waals surface area contributed by atoms with E-state index in [2.05, 4.69) is 19.9 Å². The van der Waals surface area contributed by atoms with E-state index in [4.69, 9.17) is 16.3 Å².